The molecule has 1 rings (SSSR count). The summed E-state index contributed by atoms with van der Waals surface area (Å²) in [5.41, 5.74) is 2.93. The van der Waals surface area contributed by atoms with Gasteiger partial charge in [0.2, 0.25) is 0 Å². The van der Waals surface area contributed by atoms with Crippen molar-refractivity contribution in [2.75, 3.05) is 13.6 Å². The van der Waals surface area contributed by atoms with Crippen molar-refractivity contribution in [3.8, 4) is 0 Å². The zero-order chi connectivity index (χ0) is 12.0. The first-order valence-electron chi connectivity index (χ1n) is 5.99. The Kier molecular flexibility index (Phi) is 4.75. The molecule has 0 saturated heterocycles. The number of aryl methyl sites for hydroxylation is 1. The zero-order valence-corrected chi connectivity index (χ0v) is 10.7. The molecule has 0 fully saturated rings. The molecule has 0 bridgehead atoms. The standard InChI is InChI=1S/C15H23N/c1-5-13-7-9-14(10-8-13)11-15(3,6-2)12-16-4/h6-10,16H,2,5,11-12H2,1,3-4H3. The van der Waals surface area contributed by atoms with Crippen LogP contribution in [0.5, 0.6) is 0 Å². The Morgan fingerprint density at radius 1 is 1.25 bits per heavy atom. The average molecular weight is 217 g/mol. The summed E-state index contributed by atoms with van der Waals surface area (Å²) in [7, 11) is 1.99. The Bertz CT molecular complexity index is 326. The Hall–Kier alpha value is -1.08. The summed E-state index contributed by atoms with van der Waals surface area (Å²) in [6.45, 7) is 9.33. The summed E-state index contributed by atoms with van der Waals surface area (Å²) >= 11 is 0. The fraction of sp³-hybridized carbons (Fsp3) is 0.467. The maximum Gasteiger partial charge on any atom is 0.00400 e. The predicted octanol–water partition coefficient (Wildman–Crippen LogP) is 3.20. The van der Waals surface area contributed by atoms with E-state index in [1.54, 1.807) is 0 Å². The van der Waals surface area contributed by atoms with Crippen LogP contribution >= 0.6 is 0 Å². The number of nitrogens with one attached hydrogen (secondary N) is 1. The third-order valence-corrected chi connectivity index (χ3v) is 3.11. The molecular weight excluding hydrogens is 194 g/mol. The van der Waals surface area contributed by atoms with Crippen LogP contribution in [0.25, 0.3) is 0 Å². The van der Waals surface area contributed by atoms with E-state index in [4.69, 9.17) is 0 Å². The molecule has 1 heteroatoms. The first-order valence-corrected chi connectivity index (χ1v) is 5.99. The Morgan fingerprint density at radius 3 is 2.25 bits per heavy atom. The predicted molar refractivity (Wildman–Crippen MR) is 71.8 cm³/mol. The van der Waals surface area contributed by atoms with E-state index in [0.29, 0.717) is 0 Å². The minimum absolute atomic E-state index is 0.141. The van der Waals surface area contributed by atoms with Gasteiger partial charge in [-0.25, -0.2) is 0 Å². The number of rotatable bonds is 6. The fourth-order valence-electron chi connectivity index (χ4n) is 1.97. The second-order valence-electron chi connectivity index (χ2n) is 4.74. The van der Waals surface area contributed by atoms with Gasteiger partial charge in [-0.05, 0) is 31.0 Å². The lowest BCUT2D eigenvalue weighted by Crippen LogP contribution is -2.29. The third-order valence-electron chi connectivity index (χ3n) is 3.11. The molecule has 16 heavy (non-hydrogen) atoms. The highest BCUT2D eigenvalue weighted by atomic mass is 14.8. The van der Waals surface area contributed by atoms with Crippen molar-refractivity contribution in [3.05, 3.63) is 48.0 Å². The fourth-order valence-corrected chi connectivity index (χ4v) is 1.97. The van der Waals surface area contributed by atoms with Crippen molar-refractivity contribution in [1.29, 1.82) is 0 Å². The summed E-state index contributed by atoms with van der Waals surface area (Å²) < 4.78 is 0. The van der Waals surface area contributed by atoms with Crippen molar-refractivity contribution in [1.82, 2.24) is 5.32 Å². The SMILES string of the molecule is C=CC(C)(CNC)Cc1ccc(CC)cc1. The molecule has 0 aliphatic carbocycles. The molecule has 0 spiro atoms. The summed E-state index contributed by atoms with van der Waals surface area (Å²) in [6.07, 6.45) is 4.20. The Morgan fingerprint density at radius 2 is 1.81 bits per heavy atom. The highest BCUT2D eigenvalue weighted by Crippen LogP contribution is 2.23. The van der Waals surface area contributed by atoms with Gasteiger partial charge in [0.15, 0.2) is 0 Å². The maximum absolute atomic E-state index is 3.94. The molecule has 0 aliphatic rings. The van der Waals surface area contributed by atoms with Crippen molar-refractivity contribution >= 4 is 0 Å². The van der Waals surface area contributed by atoms with Gasteiger partial charge in [-0.1, -0.05) is 44.2 Å². The number of benzene rings is 1. The second-order valence-corrected chi connectivity index (χ2v) is 4.74. The van der Waals surface area contributed by atoms with E-state index in [1.807, 2.05) is 7.05 Å². The molecule has 1 nitrogen and oxygen atoms in total. The normalized spacial score (nSPS) is 14.4. The van der Waals surface area contributed by atoms with E-state index in [2.05, 4.69) is 56.1 Å². The molecule has 1 unspecified atom stereocenters. The van der Waals surface area contributed by atoms with Crippen molar-refractivity contribution in [3.63, 3.8) is 0 Å². The maximum atomic E-state index is 3.94. The van der Waals surface area contributed by atoms with Gasteiger partial charge < -0.3 is 5.32 Å². The minimum Gasteiger partial charge on any atom is -0.319 e. The molecule has 0 heterocycles. The topological polar surface area (TPSA) is 12.0 Å². The zero-order valence-electron chi connectivity index (χ0n) is 10.7. The van der Waals surface area contributed by atoms with Crippen molar-refractivity contribution < 1.29 is 0 Å². The molecule has 88 valence electrons. The van der Waals surface area contributed by atoms with Crippen LogP contribution in [0.15, 0.2) is 36.9 Å². The van der Waals surface area contributed by atoms with E-state index in [-0.39, 0.29) is 5.41 Å². The van der Waals surface area contributed by atoms with E-state index in [1.165, 1.54) is 11.1 Å². The lowest BCUT2D eigenvalue weighted by molar-refractivity contribution is 0.406. The van der Waals surface area contributed by atoms with E-state index in [9.17, 15) is 0 Å². The molecule has 1 aromatic carbocycles. The summed E-state index contributed by atoms with van der Waals surface area (Å²) in [5.74, 6) is 0. The van der Waals surface area contributed by atoms with Gasteiger partial charge in [-0.3, -0.25) is 0 Å². The van der Waals surface area contributed by atoms with E-state index >= 15 is 0 Å². The van der Waals surface area contributed by atoms with Crippen LogP contribution in [0.3, 0.4) is 0 Å². The van der Waals surface area contributed by atoms with Gasteiger partial charge in [0.1, 0.15) is 0 Å². The van der Waals surface area contributed by atoms with E-state index in [0.717, 1.165) is 19.4 Å². The van der Waals surface area contributed by atoms with Gasteiger partial charge >= 0.3 is 0 Å². The first kappa shape index (κ1) is 13.0. The van der Waals surface area contributed by atoms with Gasteiger partial charge in [0.05, 0.1) is 0 Å². The Labute approximate surface area is 99.6 Å². The van der Waals surface area contributed by atoms with Crippen LogP contribution in [-0.4, -0.2) is 13.6 Å². The molecule has 1 aromatic rings. The largest absolute Gasteiger partial charge is 0.319 e. The van der Waals surface area contributed by atoms with Gasteiger partial charge in [-0.15, -0.1) is 6.58 Å². The van der Waals surface area contributed by atoms with Crippen LogP contribution < -0.4 is 5.32 Å². The van der Waals surface area contributed by atoms with Gasteiger partial charge in [0.25, 0.3) is 0 Å². The Balaban J connectivity index is 2.73. The molecule has 1 N–H and O–H groups in total. The smallest absolute Gasteiger partial charge is 0.00400 e. The molecule has 0 radical (unpaired) electrons. The third kappa shape index (κ3) is 3.49. The average Bonchev–Trinajstić information content (AvgIpc) is 2.30. The van der Waals surface area contributed by atoms with Gasteiger partial charge in [0, 0.05) is 12.0 Å². The first-order chi connectivity index (χ1) is 7.63. The van der Waals surface area contributed by atoms with Crippen LogP contribution in [0.2, 0.25) is 0 Å². The lowest BCUT2D eigenvalue weighted by Gasteiger charge is -2.25. The van der Waals surface area contributed by atoms with Crippen LogP contribution in [0, 0.1) is 5.41 Å². The summed E-state index contributed by atoms with van der Waals surface area (Å²) in [4.78, 5) is 0. The molecule has 0 aromatic heterocycles. The molecule has 1 atom stereocenters. The highest BCUT2D eigenvalue weighted by molar-refractivity contribution is 5.24. The second kappa shape index (κ2) is 5.86. The minimum atomic E-state index is 0.141. The van der Waals surface area contributed by atoms with Crippen molar-refractivity contribution in [2.45, 2.75) is 26.7 Å². The van der Waals surface area contributed by atoms with Crippen LogP contribution in [0.1, 0.15) is 25.0 Å². The van der Waals surface area contributed by atoms with Gasteiger partial charge in [-0.2, -0.15) is 0 Å². The molecule has 0 amide bonds. The van der Waals surface area contributed by atoms with E-state index < -0.39 is 0 Å². The monoisotopic (exact) mass is 217 g/mol. The quantitative estimate of drug-likeness (QED) is 0.722. The lowest BCUT2D eigenvalue weighted by atomic mass is 9.83. The van der Waals surface area contributed by atoms with Crippen molar-refractivity contribution in [2.24, 2.45) is 5.41 Å². The molecule has 0 aliphatic heterocycles. The molecule has 0 saturated carbocycles. The van der Waals surface area contributed by atoms with Crippen LogP contribution in [0.4, 0.5) is 0 Å². The number of hydrogen-bond donors (Lipinski definition) is 1. The summed E-state index contributed by atoms with van der Waals surface area (Å²) in [6, 6.07) is 8.91. The number of hydrogen-bond acceptors (Lipinski definition) is 1. The highest BCUT2D eigenvalue weighted by Gasteiger charge is 2.19. The summed E-state index contributed by atoms with van der Waals surface area (Å²) in [5, 5.41) is 3.23. The molecular formula is C15H23N. The van der Waals surface area contributed by atoms with Crippen LogP contribution in [-0.2, 0) is 12.8 Å².